The lowest BCUT2D eigenvalue weighted by atomic mass is 10.1. The number of nitrogens with zero attached hydrogens (tertiary/aromatic N) is 1. The van der Waals surface area contributed by atoms with E-state index in [1.165, 1.54) is 23.8 Å². The summed E-state index contributed by atoms with van der Waals surface area (Å²) in [5.74, 6) is 0.125. The van der Waals surface area contributed by atoms with Crippen LogP contribution in [0.1, 0.15) is 43.2 Å². The minimum Gasteiger partial charge on any atom is -0.309 e. The van der Waals surface area contributed by atoms with Crippen molar-refractivity contribution in [1.29, 1.82) is 0 Å². The Morgan fingerprint density at radius 2 is 2.19 bits per heavy atom. The quantitative estimate of drug-likeness (QED) is 0.794. The SMILES string of the molecule is CC(C)c1nc(-c2ccc(Br)cc2F)sc1CNC1CC1. The smallest absolute Gasteiger partial charge is 0.134 e. The third-order valence-corrected chi connectivity index (χ3v) is 5.16. The van der Waals surface area contributed by atoms with Gasteiger partial charge in [-0.15, -0.1) is 11.3 Å². The summed E-state index contributed by atoms with van der Waals surface area (Å²) < 4.78 is 14.9. The van der Waals surface area contributed by atoms with Gasteiger partial charge in [-0.3, -0.25) is 0 Å². The van der Waals surface area contributed by atoms with Crippen molar-refractivity contribution in [3.63, 3.8) is 0 Å². The van der Waals surface area contributed by atoms with Crippen molar-refractivity contribution in [2.75, 3.05) is 0 Å². The van der Waals surface area contributed by atoms with Crippen LogP contribution in [-0.4, -0.2) is 11.0 Å². The van der Waals surface area contributed by atoms with Crippen LogP contribution < -0.4 is 5.32 Å². The number of hydrogen-bond donors (Lipinski definition) is 1. The molecule has 0 spiro atoms. The zero-order valence-electron chi connectivity index (χ0n) is 12.1. The predicted molar refractivity (Wildman–Crippen MR) is 89.2 cm³/mol. The summed E-state index contributed by atoms with van der Waals surface area (Å²) in [5.41, 5.74) is 1.67. The van der Waals surface area contributed by atoms with Gasteiger partial charge in [0.15, 0.2) is 0 Å². The molecule has 1 aromatic carbocycles. The minimum atomic E-state index is -0.227. The highest BCUT2D eigenvalue weighted by Crippen LogP contribution is 2.34. The normalized spacial score (nSPS) is 14.9. The van der Waals surface area contributed by atoms with Gasteiger partial charge in [-0.2, -0.15) is 0 Å². The highest BCUT2D eigenvalue weighted by molar-refractivity contribution is 9.10. The Morgan fingerprint density at radius 3 is 2.81 bits per heavy atom. The third kappa shape index (κ3) is 3.52. The molecule has 21 heavy (non-hydrogen) atoms. The molecule has 112 valence electrons. The highest BCUT2D eigenvalue weighted by atomic mass is 79.9. The van der Waals surface area contributed by atoms with Crippen molar-refractivity contribution in [2.45, 2.75) is 45.2 Å². The van der Waals surface area contributed by atoms with Crippen molar-refractivity contribution >= 4 is 27.3 Å². The Hall–Kier alpha value is -0.780. The first-order chi connectivity index (χ1) is 10.0. The average Bonchev–Trinajstić information content (AvgIpc) is 3.15. The fourth-order valence-electron chi connectivity index (χ4n) is 2.24. The van der Waals surface area contributed by atoms with Gasteiger partial charge >= 0.3 is 0 Å². The fourth-order valence-corrected chi connectivity index (χ4v) is 3.77. The lowest BCUT2D eigenvalue weighted by molar-refractivity contribution is 0.630. The van der Waals surface area contributed by atoms with Gasteiger partial charge in [0.05, 0.1) is 5.69 Å². The van der Waals surface area contributed by atoms with Crippen LogP contribution in [0.25, 0.3) is 10.6 Å². The average molecular weight is 369 g/mol. The van der Waals surface area contributed by atoms with Gasteiger partial charge < -0.3 is 5.32 Å². The summed E-state index contributed by atoms with van der Waals surface area (Å²) in [4.78, 5) is 5.92. The standard InChI is InChI=1S/C16H18BrFN2S/c1-9(2)15-14(8-19-11-4-5-11)21-16(20-15)12-6-3-10(17)7-13(12)18/h3,6-7,9,11,19H,4-5,8H2,1-2H3. The lowest BCUT2D eigenvalue weighted by Crippen LogP contribution is -2.15. The number of halogens is 2. The first-order valence-corrected chi connectivity index (χ1v) is 8.84. The van der Waals surface area contributed by atoms with Crippen LogP contribution in [0.15, 0.2) is 22.7 Å². The van der Waals surface area contributed by atoms with Crippen molar-refractivity contribution in [2.24, 2.45) is 0 Å². The van der Waals surface area contributed by atoms with Crippen molar-refractivity contribution in [3.05, 3.63) is 39.1 Å². The molecule has 0 saturated heterocycles. The van der Waals surface area contributed by atoms with Gasteiger partial charge in [-0.25, -0.2) is 9.37 Å². The molecule has 1 fully saturated rings. The van der Waals surface area contributed by atoms with Gasteiger partial charge in [-0.05, 0) is 37.0 Å². The maximum atomic E-state index is 14.1. The monoisotopic (exact) mass is 368 g/mol. The van der Waals surface area contributed by atoms with Crippen LogP contribution in [0, 0.1) is 5.82 Å². The van der Waals surface area contributed by atoms with E-state index < -0.39 is 0 Å². The molecule has 0 unspecified atom stereocenters. The summed E-state index contributed by atoms with van der Waals surface area (Å²) in [6.07, 6.45) is 2.54. The molecule has 0 radical (unpaired) electrons. The Labute approximate surface area is 136 Å². The Kier molecular flexibility index (Phi) is 4.43. The summed E-state index contributed by atoms with van der Waals surface area (Å²) in [6.45, 7) is 5.11. The second-order valence-corrected chi connectivity index (χ2v) is 7.76. The van der Waals surface area contributed by atoms with Crippen LogP contribution in [-0.2, 0) is 6.54 Å². The van der Waals surface area contributed by atoms with E-state index in [1.807, 2.05) is 6.07 Å². The summed E-state index contributed by atoms with van der Waals surface area (Å²) in [5, 5.41) is 4.30. The number of hydrogen-bond acceptors (Lipinski definition) is 3. The Bertz CT molecular complexity index is 650. The maximum Gasteiger partial charge on any atom is 0.134 e. The largest absolute Gasteiger partial charge is 0.309 e. The predicted octanol–water partition coefficient (Wildman–Crippen LogP) is 5.09. The molecule has 0 atom stereocenters. The van der Waals surface area contributed by atoms with Crippen molar-refractivity contribution in [3.8, 4) is 10.6 Å². The molecule has 2 nitrogen and oxygen atoms in total. The second kappa shape index (κ2) is 6.15. The maximum absolute atomic E-state index is 14.1. The lowest BCUT2D eigenvalue weighted by Gasteiger charge is -2.05. The molecule has 3 rings (SSSR count). The van der Waals surface area contributed by atoms with Crippen LogP contribution in [0.4, 0.5) is 4.39 Å². The number of benzene rings is 1. The molecule has 0 aliphatic heterocycles. The van der Waals surface area contributed by atoms with Gasteiger partial charge in [0, 0.05) is 27.5 Å². The molecule has 1 heterocycles. The van der Waals surface area contributed by atoms with E-state index in [4.69, 9.17) is 4.98 Å². The van der Waals surface area contributed by atoms with Gasteiger partial charge in [0.2, 0.25) is 0 Å². The summed E-state index contributed by atoms with van der Waals surface area (Å²) in [7, 11) is 0. The second-order valence-electron chi connectivity index (χ2n) is 5.76. The van der Waals surface area contributed by atoms with E-state index in [9.17, 15) is 4.39 Å². The fraction of sp³-hybridized carbons (Fsp3) is 0.438. The van der Waals surface area contributed by atoms with Crippen LogP contribution >= 0.6 is 27.3 Å². The topological polar surface area (TPSA) is 24.9 Å². The van der Waals surface area contributed by atoms with Crippen LogP contribution in [0.5, 0.6) is 0 Å². The Balaban J connectivity index is 1.92. The highest BCUT2D eigenvalue weighted by Gasteiger charge is 2.23. The molecule has 0 amide bonds. The minimum absolute atomic E-state index is 0.227. The first kappa shape index (κ1) is 15.1. The van der Waals surface area contributed by atoms with Gasteiger partial charge in [0.1, 0.15) is 10.8 Å². The number of nitrogens with one attached hydrogen (secondary N) is 1. The van der Waals surface area contributed by atoms with Crippen LogP contribution in [0.3, 0.4) is 0 Å². The zero-order valence-corrected chi connectivity index (χ0v) is 14.5. The molecular weight excluding hydrogens is 351 g/mol. The van der Waals surface area contributed by atoms with E-state index in [0.29, 0.717) is 17.5 Å². The van der Waals surface area contributed by atoms with Gasteiger partial charge in [0.25, 0.3) is 0 Å². The summed E-state index contributed by atoms with van der Waals surface area (Å²) >= 11 is 4.89. The molecule has 1 N–H and O–H groups in total. The summed E-state index contributed by atoms with van der Waals surface area (Å²) in [6, 6.07) is 5.81. The first-order valence-electron chi connectivity index (χ1n) is 7.23. The third-order valence-electron chi connectivity index (χ3n) is 3.56. The molecule has 2 aromatic rings. The number of thiazole rings is 1. The molecule has 0 bridgehead atoms. The Morgan fingerprint density at radius 1 is 1.43 bits per heavy atom. The molecule has 1 saturated carbocycles. The molecular formula is C16H18BrFN2S. The van der Waals surface area contributed by atoms with Gasteiger partial charge in [-0.1, -0.05) is 29.8 Å². The number of rotatable bonds is 5. The molecule has 1 aliphatic rings. The molecule has 1 aromatic heterocycles. The molecule has 5 heteroatoms. The van der Waals surface area contributed by atoms with Crippen molar-refractivity contribution < 1.29 is 4.39 Å². The molecule has 1 aliphatic carbocycles. The van der Waals surface area contributed by atoms with E-state index in [2.05, 4.69) is 35.1 Å². The number of aromatic nitrogens is 1. The van der Waals surface area contributed by atoms with Crippen LogP contribution in [0.2, 0.25) is 0 Å². The van der Waals surface area contributed by atoms with Crippen molar-refractivity contribution in [1.82, 2.24) is 10.3 Å². The van der Waals surface area contributed by atoms with E-state index >= 15 is 0 Å². The van der Waals surface area contributed by atoms with E-state index in [1.54, 1.807) is 17.4 Å². The zero-order chi connectivity index (χ0) is 15.0. The van der Waals surface area contributed by atoms with E-state index in [0.717, 1.165) is 21.7 Å². The van der Waals surface area contributed by atoms with E-state index in [-0.39, 0.29) is 5.82 Å².